The number of nitrogens with one attached hydrogen (secondary N) is 1. The van der Waals surface area contributed by atoms with Gasteiger partial charge in [0.25, 0.3) is 11.8 Å². The van der Waals surface area contributed by atoms with E-state index >= 15 is 0 Å². The van der Waals surface area contributed by atoms with Crippen molar-refractivity contribution in [1.82, 2.24) is 34.6 Å². The van der Waals surface area contributed by atoms with Crippen LogP contribution in [0, 0.1) is 5.82 Å². The molecule has 5 rings (SSSR count). The summed E-state index contributed by atoms with van der Waals surface area (Å²) in [4.78, 5) is 34.7. The summed E-state index contributed by atoms with van der Waals surface area (Å²) in [5.74, 6) is -0.889. The van der Waals surface area contributed by atoms with Crippen LogP contribution in [0.2, 0.25) is 5.02 Å². The zero-order valence-electron chi connectivity index (χ0n) is 21.9. The number of carbonyl (C=O) groups is 2. The van der Waals surface area contributed by atoms with Gasteiger partial charge in [-0.05, 0) is 49.6 Å². The minimum absolute atomic E-state index is 0.00980. The molecule has 0 aliphatic carbocycles. The van der Waals surface area contributed by atoms with E-state index in [2.05, 4.69) is 36.1 Å². The summed E-state index contributed by atoms with van der Waals surface area (Å²) in [6.45, 7) is 11.1. The number of hydrogen-bond donors (Lipinski definition) is 1. The van der Waals surface area contributed by atoms with E-state index in [0.29, 0.717) is 42.2 Å². The number of benzene rings is 1. The molecule has 1 fully saturated rings. The van der Waals surface area contributed by atoms with Crippen LogP contribution in [0.1, 0.15) is 61.2 Å². The second-order valence-electron chi connectivity index (χ2n) is 11.2. The maximum absolute atomic E-state index is 13.8. The number of piperazine rings is 1. The van der Waals surface area contributed by atoms with Crippen LogP contribution < -0.4 is 0 Å². The molecule has 3 aromatic heterocycles. The quantitative estimate of drug-likeness (QED) is 0.412. The van der Waals surface area contributed by atoms with Gasteiger partial charge in [0.2, 0.25) is 0 Å². The summed E-state index contributed by atoms with van der Waals surface area (Å²) in [6.07, 6.45) is 3.16. The number of imidazole rings is 1. The van der Waals surface area contributed by atoms with Crippen molar-refractivity contribution in [1.29, 1.82) is 0 Å². The first kappa shape index (κ1) is 25.8. The van der Waals surface area contributed by atoms with E-state index in [9.17, 15) is 14.0 Å². The molecular weight excluding hydrogens is 509 g/mol. The smallest absolute Gasteiger partial charge is 0.274 e. The average Bonchev–Trinajstić information content (AvgIpc) is 3.53. The lowest BCUT2D eigenvalue weighted by atomic mass is 9.87. The van der Waals surface area contributed by atoms with Crippen molar-refractivity contribution in [3.8, 4) is 11.3 Å². The van der Waals surface area contributed by atoms with Gasteiger partial charge in [-0.1, -0.05) is 32.4 Å². The van der Waals surface area contributed by atoms with E-state index in [4.69, 9.17) is 16.6 Å². The Hall–Kier alpha value is -3.79. The van der Waals surface area contributed by atoms with Gasteiger partial charge in [0.1, 0.15) is 17.2 Å². The van der Waals surface area contributed by atoms with E-state index in [0.717, 1.165) is 5.56 Å². The molecule has 1 aliphatic heterocycles. The fraction of sp³-hybridized carbons (Fsp3) is 0.370. The SMILES string of the molecule is CC(C)(C)c1cc(-c2ccc(F)c(Cl)c2)nn2cc(C(=O)N3CCN(C(=O)c4ccn[nH]4)CC3(C)C)nc12. The summed E-state index contributed by atoms with van der Waals surface area (Å²) >= 11 is 6.03. The number of halogens is 2. The molecule has 1 aliphatic rings. The minimum Gasteiger partial charge on any atom is -0.333 e. The number of carbonyl (C=O) groups excluding carboxylic acids is 2. The molecule has 4 heterocycles. The van der Waals surface area contributed by atoms with Crippen LogP contribution in [0.4, 0.5) is 4.39 Å². The summed E-state index contributed by atoms with van der Waals surface area (Å²) in [5.41, 5.74) is 2.44. The Bertz CT molecular complexity index is 1540. The zero-order chi connectivity index (χ0) is 27.4. The van der Waals surface area contributed by atoms with Crippen LogP contribution in [0.5, 0.6) is 0 Å². The predicted octanol–water partition coefficient (Wildman–Crippen LogP) is 4.59. The molecule has 2 amide bonds. The summed E-state index contributed by atoms with van der Waals surface area (Å²) < 4.78 is 15.4. The maximum atomic E-state index is 13.8. The Morgan fingerprint density at radius 3 is 2.50 bits per heavy atom. The number of fused-ring (bicyclic) bond motifs is 1. The van der Waals surface area contributed by atoms with Gasteiger partial charge in [-0.3, -0.25) is 14.7 Å². The van der Waals surface area contributed by atoms with E-state index in [-0.39, 0.29) is 27.9 Å². The Labute approximate surface area is 224 Å². The second-order valence-corrected chi connectivity index (χ2v) is 11.6. The van der Waals surface area contributed by atoms with Crippen molar-refractivity contribution in [2.75, 3.05) is 19.6 Å². The van der Waals surface area contributed by atoms with E-state index in [1.807, 2.05) is 19.9 Å². The van der Waals surface area contributed by atoms with Gasteiger partial charge in [-0.2, -0.15) is 10.2 Å². The molecule has 1 N–H and O–H groups in total. The van der Waals surface area contributed by atoms with Crippen LogP contribution in [0.3, 0.4) is 0 Å². The van der Waals surface area contributed by atoms with Gasteiger partial charge in [0.15, 0.2) is 5.65 Å². The molecule has 0 radical (unpaired) electrons. The van der Waals surface area contributed by atoms with E-state index in [1.165, 1.54) is 18.3 Å². The maximum Gasteiger partial charge on any atom is 0.274 e. The van der Waals surface area contributed by atoms with Gasteiger partial charge in [0.05, 0.1) is 22.5 Å². The van der Waals surface area contributed by atoms with Gasteiger partial charge >= 0.3 is 0 Å². The monoisotopic (exact) mass is 537 g/mol. The first-order chi connectivity index (χ1) is 17.8. The van der Waals surface area contributed by atoms with Crippen LogP contribution in [0.15, 0.2) is 42.7 Å². The molecule has 1 aromatic carbocycles. The van der Waals surface area contributed by atoms with E-state index < -0.39 is 11.4 Å². The molecule has 198 valence electrons. The Kier molecular flexibility index (Phi) is 6.25. The summed E-state index contributed by atoms with van der Waals surface area (Å²) in [5, 5.41) is 11.3. The number of hydrogen-bond acceptors (Lipinski definition) is 5. The molecule has 9 nitrogen and oxygen atoms in total. The molecule has 0 spiro atoms. The van der Waals surface area contributed by atoms with Crippen LogP contribution in [-0.2, 0) is 5.41 Å². The van der Waals surface area contributed by atoms with Crippen molar-refractivity contribution in [3.05, 3.63) is 70.5 Å². The number of rotatable bonds is 3. The largest absolute Gasteiger partial charge is 0.333 e. The zero-order valence-corrected chi connectivity index (χ0v) is 22.7. The third-order valence-corrected chi connectivity index (χ3v) is 7.12. The topological polar surface area (TPSA) is 99.5 Å². The van der Waals surface area contributed by atoms with Crippen LogP contribution in [-0.4, -0.2) is 71.6 Å². The summed E-state index contributed by atoms with van der Waals surface area (Å²) in [7, 11) is 0. The fourth-order valence-electron chi connectivity index (χ4n) is 4.82. The van der Waals surface area contributed by atoms with Crippen molar-refractivity contribution < 1.29 is 14.0 Å². The minimum atomic E-state index is -0.628. The molecule has 11 heteroatoms. The van der Waals surface area contributed by atoms with Crippen LogP contribution >= 0.6 is 11.6 Å². The number of H-pyrrole nitrogens is 1. The standard InChI is InChI=1S/C27H29ClFN7O2/c1-26(2,3)17-13-21(16-6-7-19(29)18(28)12-16)33-36-14-22(31-23(17)36)25(38)35-11-10-34(15-27(35,4)5)24(37)20-8-9-30-32-20/h6-9,12-14H,10-11,15H2,1-5H3,(H,30,32). The highest BCUT2D eigenvalue weighted by Crippen LogP contribution is 2.32. The van der Waals surface area contributed by atoms with Crippen molar-refractivity contribution >= 4 is 29.1 Å². The lowest BCUT2D eigenvalue weighted by Gasteiger charge is -2.46. The van der Waals surface area contributed by atoms with Gasteiger partial charge < -0.3 is 9.80 Å². The lowest BCUT2D eigenvalue weighted by Crippen LogP contribution is -2.62. The fourth-order valence-corrected chi connectivity index (χ4v) is 5.00. The van der Waals surface area contributed by atoms with Gasteiger partial charge in [0, 0.05) is 37.0 Å². The molecule has 0 unspecified atom stereocenters. The third kappa shape index (κ3) is 4.64. The highest BCUT2D eigenvalue weighted by atomic mass is 35.5. The second kappa shape index (κ2) is 9.20. The molecule has 0 bridgehead atoms. The number of aromatic nitrogens is 5. The number of aromatic amines is 1. The molecule has 38 heavy (non-hydrogen) atoms. The molecule has 4 aromatic rings. The first-order valence-corrected chi connectivity index (χ1v) is 12.7. The van der Waals surface area contributed by atoms with Gasteiger partial charge in [-0.15, -0.1) is 0 Å². The first-order valence-electron chi connectivity index (χ1n) is 12.3. The van der Waals surface area contributed by atoms with Crippen LogP contribution in [0.25, 0.3) is 16.9 Å². The molecule has 0 saturated carbocycles. The average molecular weight is 538 g/mol. The highest BCUT2D eigenvalue weighted by molar-refractivity contribution is 6.31. The third-order valence-electron chi connectivity index (χ3n) is 6.83. The predicted molar refractivity (Wildman–Crippen MR) is 142 cm³/mol. The number of amides is 2. The number of nitrogens with zero attached hydrogens (tertiary/aromatic N) is 6. The van der Waals surface area contributed by atoms with E-state index in [1.54, 1.807) is 32.6 Å². The van der Waals surface area contributed by atoms with Gasteiger partial charge in [-0.25, -0.2) is 13.9 Å². The molecular formula is C27H29ClFN7O2. The highest BCUT2D eigenvalue weighted by Gasteiger charge is 2.40. The Morgan fingerprint density at radius 2 is 1.87 bits per heavy atom. The molecule has 0 atom stereocenters. The lowest BCUT2D eigenvalue weighted by molar-refractivity contribution is 0.0163. The van der Waals surface area contributed by atoms with Crippen molar-refractivity contribution in [2.45, 2.75) is 45.6 Å². The van der Waals surface area contributed by atoms with Crippen molar-refractivity contribution in [3.63, 3.8) is 0 Å². The Morgan fingerprint density at radius 1 is 1.11 bits per heavy atom. The van der Waals surface area contributed by atoms with Crippen molar-refractivity contribution in [2.24, 2.45) is 0 Å². The Balaban J connectivity index is 1.48. The molecule has 1 saturated heterocycles. The summed E-state index contributed by atoms with van der Waals surface area (Å²) in [6, 6.07) is 8.01. The normalized spacial score (nSPS) is 15.8.